The summed E-state index contributed by atoms with van der Waals surface area (Å²) in [4.78, 5) is 16.0. The van der Waals surface area contributed by atoms with E-state index < -0.39 is 0 Å². The zero-order valence-electron chi connectivity index (χ0n) is 14.0. The minimum Gasteiger partial charge on any atom is -0.493 e. The maximum Gasteiger partial charge on any atom is 0.220 e. The molecule has 1 aromatic carbocycles. The van der Waals surface area contributed by atoms with Crippen molar-refractivity contribution in [1.29, 1.82) is 0 Å². The second-order valence-corrected chi connectivity index (χ2v) is 5.56. The van der Waals surface area contributed by atoms with Gasteiger partial charge >= 0.3 is 0 Å². The van der Waals surface area contributed by atoms with Crippen LogP contribution in [-0.2, 0) is 9.53 Å². The number of aliphatic hydroxyl groups excluding tert-OH is 1. The van der Waals surface area contributed by atoms with E-state index in [2.05, 4.69) is 10.3 Å². The molecule has 2 N–H and O–H groups in total. The molecule has 0 saturated heterocycles. The number of ketones is 1. The molecule has 0 aliphatic heterocycles. The van der Waals surface area contributed by atoms with Crippen molar-refractivity contribution in [3.05, 3.63) is 48.3 Å². The Kier molecular flexibility index (Phi) is 7.23. The van der Waals surface area contributed by atoms with Crippen molar-refractivity contribution < 1.29 is 14.6 Å². The minimum atomic E-state index is -0.144. The third kappa shape index (κ3) is 5.66. The predicted molar refractivity (Wildman–Crippen MR) is 96.8 cm³/mol. The molecule has 0 amide bonds. The lowest BCUT2D eigenvalue weighted by Crippen LogP contribution is -2.08. The average molecular weight is 328 g/mol. The summed E-state index contributed by atoms with van der Waals surface area (Å²) in [7, 11) is 1.48. The molecule has 0 atom stereocenters. The van der Waals surface area contributed by atoms with E-state index in [9.17, 15) is 4.79 Å². The summed E-state index contributed by atoms with van der Waals surface area (Å²) in [6.45, 7) is 1.20. The summed E-state index contributed by atoms with van der Waals surface area (Å²) in [5.41, 5.74) is 2.57. The molecule has 128 valence electrons. The molecule has 1 aromatic rings. The molecule has 1 aliphatic rings. The van der Waals surface area contributed by atoms with Crippen molar-refractivity contribution in [2.75, 3.05) is 25.6 Å². The quantitative estimate of drug-likeness (QED) is 0.538. The molecule has 1 aliphatic carbocycles. The molecule has 0 unspecified atom stereocenters. The van der Waals surface area contributed by atoms with Crippen molar-refractivity contribution in [2.24, 2.45) is 4.99 Å². The van der Waals surface area contributed by atoms with Crippen LogP contribution in [0.5, 0.6) is 0 Å². The van der Waals surface area contributed by atoms with E-state index in [0.29, 0.717) is 11.5 Å². The van der Waals surface area contributed by atoms with Gasteiger partial charge in [0.25, 0.3) is 0 Å². The first-order chi connectivity index (χ1) is 11.7. The van der Waals surface area contributed by atoms with Crippen LogP contribution in [0.4, 0.5) is 11.4 Å². The van der Waals surface area contributed by atoms with Gasteiger partial charge in [0.1, 0.15) is 0 Å². The van der Waals surface area contributed by atoms with Crippen LogP contribution < -0.4 is 5.32 Å². The molecule has 0 heterocycles. The van der Waals surface area contributed by atoms with Crippen LogP contribution in [0.25, 0.3) is 0 Å². The number of hydrogen-bond acceptors (Lipinski definition) is 5. The molecule has 0 bridgehead atoms. The van der Waals surface area contributed by atoms with E-state index in [1.165, 1.54) is 13.2 Å². The monoisotopic (exact) mass is 328 g/mol. The van der Waals surface area contributed by atoms with E-state index in [-0.39, 0.29) is 12.4 Å². The smallest absolute Gasteiger partial charge is 0.220 e. The van der Waals surface area contributed by atoms with Crippen LogP contribution in [0.2, 0.25) is 0 Å². The summed E-state index contributed by atoms with van der Waals surface area (Å²) in [5.74, 6) is 0.158. The summed E-state index contributed by atoms with van der Waals surface area (Å²) in [5, 5.41) is 12.1. The number of allylic oxidation sites excluding steroid dienone is 3. The molecule has 0 saturated carbocycles. The van der Waals surface area contributed by atoms with Gasteiger partial charge in [0.05, 0.1) is 18.5 Å². The van der Waals surface area contributed by atoms with Crippen molar-refractivity contribution >= 4 is 22.9 Å². The fraction of sp³-hybridized carbons (Fsp3) is 0.368. The number of carbonyl (C=O) groups is 1. The van der Waals surface area contributed by atoms with Gasteiger partial charge in [-0.2, -0.15) is 0 Å². The van der Waals surface area contributed by atoms with Crippen LogP contribution in [0, 0.1) is 0 Å². The number of nitrogens with one attached hydrogen (secondary N) is 1. The van der Waals surface area contributed by atoms with Gasteiger partial charge in [0, 0.05) is 24.9 Å². The predicted octanol–water partition coefficient (Wildman–Crippen LogP) is 3.39. The number of hydrogen-bond donors (Lipinski definition) is 2. The summed E-state index contributed by atoms with van der Waals surface area (Å²) >= 11 is 0. The lowest BCUT2D eigenvalue weighted by molar-refractivity contribution is -0.114. The lowest BCUT2D eigenvalue weighted by Gasteiger charge is -2.08. The van der Waals surface area contributed by atoms with E-state index in [1.54, 1.807) is 12.2 Å². The molecule has 0 spiro atoms. The topological polar surface area (TPSA) is 70.9 Å². The first-order valence-corrected chi connectivity index (χ1v) is 8.24. The second-order valence-electron chi connectivity index (χ2n) is 5.56. The summed E-state index contributed by atoms with van der Waals surface area (Å²) in [6, 6.07) is 7.86. The molecule has 24 heavy (non-hydrogen) atoms. The minimum absolute atomic E-state index is 0.144. The lowest BCUT2D eigenvalue weighted by atomic mass is 10.1. The number of aliphatic hydroxyl groups is 1. The van der Waals surface area contributed by atoms with Gasteiger partial charge in [-0.3, -0.25) is 4.79 Å². The molecule has 5 nitrogen and oxygen atoms in total. The van der Waals surface area contributed by atoms with Crippen LogP contribution in [-0.4, -0.2) is 36.9 Å². The molecule has 0 aromatic heterocycles. The number of benzene rings is 1. The molecular formula is C19H24N2O3. The summed E-state index contributed by atoms with van der Waals surface area (Å²) in [6.07, 6.45) is 8.95. The van der Waals surface area contributed by atoms with Crippen molar-refractivity contribution in [1.82, 2.24) is 0 Å². The Morgan fingerprint density at radius 2 is 1.83 bits per heavy atom. The Balaban J connectivity index is 1.86. The molecule has 2 rings (SSSR count). The standard InChI is InChI=1S/C19H24N2O3/c1-24-19-14-17(10-11-18(19)23)21-16-8-6-15(7-9-16)20-12-4-2-3-5-13-22/h6-11,14,20,22H,2-5,12-13H2,1H3. The highest BCUT2D eigenvalue weighted by Crippen LogP contribution is 2.18. The Morgan fingerprint density at radius 1 is 1.08 bits per heavy atom. The van der Waals surface area contributed by atoms with Gasteiger partial charge < -0.3 is 15.2 Å². The number of methoxy groups -OCH3 is 1. The van der Waals surface area contributed by atoms with Gasteiger partial charge in [-0.1, -0.05) is 12.8 Å². The number of aliphatic imine (C=N–C) groups is 1. The van der Waals surface area contributed by atoms with Crippen LogP contribution in [0.3, 0.4) is 0 Å². The zero-order valence-corrected chi connectivity index (χ0v) is 14.0. The number of nitrogens with zero attached hydrogens (tertiary/aromatic N) is 1. The summed E-state index contributed by atoms with van der Waals surface area (Å²) < 4.78 is 5.03. The van der Waals surface area contributed by atoms with Crippen LogP contribution in [0.15, 0.2) is 53.2 Å². The normalized spacial score (nSPS) is 15.5. The van der Waals surface area contributed by atoms with E-state index in [0.717, 1.165) is 43.6 Å². The number of unbranched alkanes of at least 4 members (excludes halogenated alkanes) is 3. The fourth-order valence-electron chi connectivity index (χ4n) is 2.35. The largest absolute Gasteiger partial charge is 0.493 e. The second kappa shape index (κ2) is 9.67. The number of rotatable bonds is 9. The molecular weight excluding hydrogens is 304 g/mol. The van der Waals surface area contributed by atoms with Gasteiger partial charge in [-0.25, -0.2) is 4.99 Å². The van der Waals surface area contributed by atoms with E-state index in [4.69, 9.17) is 9.84 Å². The van der Waals surface area contributed by atoms with Gasteiger partial charge in [-0.15, -0.1) is 0 Å². The molecule has 0 radical (unpaired) electrons. The Bertz CT molecular complexity index is 631. The fourth-order valence-corrected chi connectivity index (χ4v) is 2.35. The van der Waals surface area contributed by atoms with E-state index in [1.807, 2.05) is 24.3 Å². The van der Waals surface area contributed by atoms with Gasteiger partial charge in [0.2, 0.25) is 5.78 Å². The average Bonchev–Trinajstić information content (AvgIpc) is 2.61. The Hall–Kier alpha value is -2.40. The van der Waals surface area contributed by atoms with Crippen LogP contribution in [0.1, 0.15) is 25.7 Å². The molecule has 0 fully saturated rings. The van der Waals surface area contributed by atoms with Crippen molar-refractivity contribution in [3.63, 3.8) is 0 Å². The van der Waals surface area contributed by atoms with Crippen molar-refractivity contribution in [3.8, 4) is 0 Å². The maximum atomic E-state index is 11.5. The third-order valence-electron chi connectivity index (χ3n) is 3.69. The van der Waals surface area contributed by atoms with Crippen LogP contribution >= 0.6 is 0 Å². The number of ether oxygens (including phenoxy) is 1. The highest BCUT2D eigenvalue weighted by Gasteiger charge is 2.11. The van der Waals surface area contributed by atoms with Gasteiger partial charge in [-0.05, 0) is 49.3 Å². The number of anilines is 1. The van der Waals surface area contributed by atoms with Crippen molar-refractivity contribution in [2.45, 2.75) is 25.7 Å². The van der Waals surface area contributed by atoms with E-state index >= 15 is 0 Å². The first-order valence-electron chi connectivity index (χ1n) is 8.24. The SMILES string of the molecule is COC1=CC(=Nc2ccc(NCCCCCCO)cc2)C=CC1=O. The Labute approximate surface area is 142 Å². The maximum absolute atomic E-state index is 11.5. The first kappa shape index (κ1) is 17.9. The third-order valence-corrected chi connectivity index (χ3v) is 3.69. The Morgan fingerprint density at radius 3 is 2.54 bits per heavy atom. The highest BCUT2D eigenvalue weighted by atomic mass is 16.5. The van der Waals surface area contributed by atoms with Gasteiger partial charge in [0.15, 0.2) is 5.76 Å². The zero-order chi connectivity index (χ0) is 17.2. The molecule has 5 heteroatoms. The number of carbonyl (C=O) groups excluding carboxylic acids is 1. The highest BCUT2D eigenvalue weighted by molar-refractivity contribution is 6.18.